The van der Waals surface area contributed by atoms with Gasteiger partial charge in [0.2, 0.25) is 0 Å². The van der Waals surface area contributed by atoms with E-state index in [9.17, 15) is 13.6 Å². The summed E-state index contributed by atoms with van der Waals surface area (Å²) in [5, 5.41) is 0. The van der Waals surface area contributed by atoms with Crippen molar-refractivity contribution < 1.29 is 13.6 Å². The first-order chi connectivity index (χ1) is 8.95. The van der Waals surface area contributed by atoms with Crippen LogP contribution in [-0.2, 0) is 6.42 Å². The van der Waals surface area contributed by atoms with Crippen molar-refractivity contribution in [3.8, 4) is 0 Å². The van der Waals surface area contributed by atoms with E-state index in [0.29, 0.717) is 10.0 Å². The maximum atomic E-state index is 13.2. The van der Waals surface area contributed by atoms with Gasteiger partial charge in [-0.3, -0.25) is 4.79 Å². The van der Waals surface area contributed by atoms with Gasteiger partial charge < -0.3 is 5.73 Å². The van der Waals surface area contributed by atoms with Gasteiger partial charge in [0, 0.05) is 22.1 Å². The molecule has 19 heavy (non-hydrogen) atoms. The average Bonchev–Trinajstić information content (AvgIpc) is 2.30. The van der Waals surface area contributed by atoms with Crippen LogP contribution in [0.25, 0.3) is 0 Å². The summed E-state index contributed by atoms with van der Waals surface area (Å²) in [5.41, 5.74) is 6.46. The lowest BCUT2D eigenvalue weighted by atomic mass is 10.0. The number of halogens is 3. The Labute approximate surface area is 117 Å². The lowest BCUT2D eigenvalue weighted by molar-refractivity contribution is 0.0993. The third-order valence-corrected chi connectivity index (χ3v) is 3.06. The minimum absolute atomic E-state index is 0.0377. The minimum Gasteiger partial charge on any atom is -0.398 e. The molecular formula is C14H10BrF2NO. The molecule has 0 heterocycles. The van der Waals surface area contributed by atoms with Crippen LogP contribution in [0.2, 0.25) is 0 Å². The van der Waals surface area contributed by atoms with Gasteiger partial charge in [-0.25, -0.2) is 8.78 Å². The summed E-state index contributed by atoms with van der Waals surface area (Å²) in [7, 11) is 0. The van der Waals surface area contributed by atoms with Gasteiger partial charge >= 0.3 is 0 Å². The summed E-state index contributed by atoms with van der Waals surface area (Å²) in [5.74, 6) is -1.32. The molecule has 98 valence electrons. The lowest BCUT2D eigenvalue weighted by Gasteiger charge is -2.06. The number of hydrogen-bond donors (Lipinski definition) is 1. The number of ketones is 1. The molecule has 2 aromatic carbocycles. The van der Waals surface area contributed by atoms with E-state index in [1.807, 2.05) is 0 Å². The van der Waals surface area contributed by atoms with Crippen molar-refractivity contribution >= 4 is 27.4 Å². The van der Waals surface area contributed by atoms with Crippen molar-refractivity contribution in [3.63, 3.8) is 0 Å². The first-order valence-electron chi connectivity index (χ1n) is 5.49. The zero-order valence-electron chi connectivity index (χ0n) is 9.79. The summed E-state index contributed by atoms with van der Waals surface area (Å²) in [6, 6.07) is 7.81. The zero-order valence-corrected chi connectivity index (χ0v) is 11.4. The van der Waals surface area contributed by atoms with Crippen molar-refractivity contribution in [1.82, 2.24) is 0 Å². The largest absolute Gasteiger partial charge is 0.398 e. The van der Waals surface area contributed by atoms with Gasteiger partial charge in [-0.1, -0.05) is 15.9 Å². The quantitative estimate of drug-likeness (QED) is 0.690. The van der Waals surface area contributed by atoms with Gasteiger partial charge in [-0.05, 0) is 42.0 Å². The number of anilines is 1. The fourth-order valence-corrected chi connectivity index (χ4v) is 2.28. The molecule has 0 aromatic heterocycles. The predicted octanol–water partition coefficient (Wildman–Crippen LogP) is 3.73. The molecule has 0 fully saturated rings. The molecule has 5 heteroatoms. The van der Waals surface area contributed by atoms with E-state index in [0.717, 1.165) is 6.07 Å². The lowest BCUT2D eigenvalue weighted by Crippen LogP contribution is -2.07. The van der Waals surface area contributed by atoms with Crippen molar-refractivity contribution in [3.05, 3.63) is 63.6 Å². The van der Waals surface area contributed by atoms with E-state index in [-0.39, 0.29) is 23.5 Å². The molecule has 0 atom stereocenters. The van der Waals surface area contributed by atoms with E-state index in [2.05, 4.69) is 15.9 Å². The van der Waals surface area contributed by atoms with Gasteiger partial charge in [0.25, 0.3) is 0 Å². The summed E-state index contributed by atoms with van der Waals surface area (Å²) < 4.78 is 26.8. The van der Waals surface area contributed by atoms with Crippen LogP contribution < -0.4 is 5.73 Å². The molecule has 2 aromatic rings. The molecule has 0 unspecified atom stereocenters. The van der Waals surface area contributed by atoms with Gasteiger partial charge in [0.1, 0.15) is 11.6 Å². The third-order valence-electron chi connectivity index (χ3n) is 2.60. The SMILES string of the molecule is Nc1ccc(F)cc1C(=O)Cc1cc(F)cc(Br)c1. The first-order valence-corrected chi connectivity index (χ1v) is 6.28. The van der Waals surface area contributed by atoms with Gasteiger partial charge in [-0.2, -0.15) is 0 Å². The highest BCUT2D eigenvalue weighted by molar-refractivity contribution is 9.10. The van der Waals surface area contributed by atoms with Crippen molar-refractivity contribution in [1.29, 1.82) is 0 Å². The van der Waals surface area contributed by atoms with Crippen molar-refractivity contribution in [2.24, 2.45) is 0 Å². The molecule has 2 N–H and O–H groups in total. The fourth-order valence-electron chi connectivity index (χ4n) is 1.76. The number of carbonyl (C=O) groups is 1. The summed E-state index contributed by atoms with van der Waals surface area (Å²) in [4.78, 5) is 12.0. The monoisotopic (exact) mass is 325 g/mol. The Morgan fingerprint density at radius 3 is 2.53 bits per heavy atom. The van der Waals surface area contributed by atoms with Crippen molar-refractivity contribution in [2.45, 2.75) is 6.42 Å². The first kappa shape index (κ1) is 13.7. The Hall–Kier alpha value is -1.75. The van der Waals surface area contributed by atoms with Gasteiger partial charge in [0.05, 0.1) is 0 Å². The second-order valence-corrected chi connectivity index (χ2v) is 5.02. The second kappa shape index (κ2) is 5.48. The normalized spacial score (nSPS) is 10.5. The number of benzene rings is 2. The van der Waals surface area contributed by atoms with Crippen LogP contribution >= 0.6 is 15.9 Å². The molecule has 0 bridgehead atoms. The fraction of sp³-hybridized carbons (Fsp3) is 0.0714. The van der Waals surface area contributed by atoms with E-state index in [1.54, 1.807) is 6.07 Å². The molecule has 0 saturated carbocycles. The molecule has 0 spiro atoms. The number of nitrogen functional groups attached to an aromatic ring is 1. The number of carbonyl (C=O) groups excluding carboxylic acids is 1. The van der Waals surface area contributed by atoms with Crippen LogP contribution in [0, 0.1) is 11.6 Å². The third kappa shape index (κ3) is 3.38. The molecule has 0 aliphatic heterocycles. The topological polar surface area (TPSA) is 43.1 Å². The number of rotatable bonds is 3. The standard InChI is InChI=1S/C14H10BrF2NO/c15-9-3-8(4-11(17)6-9)5-14(19)12-7-10(16)1-2-13(12)18/h1-4,6-7H,5,18H2. The average molecular weight is 326 g/mol. The van der Waals surface area contributed by atoms with E-state index >= 15 is 0 Å². The maximum Gasteiger partial charge on any atom is 0.169 e. The summed E-state index contributed by atoms with van der Waals surface area (Å²) >= 11 is 3.15. The molecule has 0 aliphatic rings. The van der Waals surface area contributed by atoms with E-state index < -0.39 is 11.6 Å². The van der Waals surface area contributed by atoms with Gasteiger partial charge in [0.15, 0.2) is 5.78 Å². The highest BCUT2D eigenvalue weighted by Crippen LogP contribution is 2.19. The Kier molecular flexibility index (Phi) is 3.95. The highest BCUT2D eigenvalue weighted by atomic mass is 79.9. The summed E-state index contributed by atoms with van der Waals surface area (Å²) in [6.45, 7) is 0. The maximum absolute atomic E-state index is 13.2. The predicted molar refractivity (Wildman–Crippen MR) is 72.9 cm³/mol. The number of hydrogen-bond acceptors (Lipinski definition) is 2. The minimum atomic E-state index is -0.530. The Morgan fingerprint density at radius 1 is 1.11 bits per heavy atom. The van der Waals surface area contributed by atoms with E-state index in [4.69, 9.17) is 5.73 Å². The Bertz CT molecular complexity index is 623. The molecule has 0 amide bonds. The zero-order chi connectivity index (χ0) is 14.0. The van der Waals surface area contributed by atoms with Gasteiger partial charge in [-0.15, -0.1) is 0 Å². The molecule has 0 aliphatic carbocycles. The summed E-state index contributed by atoms with van der Waals surface area (Å²) in [6.07, 6.45) is -0.0377. The Morgan fingerprint density at radius 2 is 1.84 bits per heavy atom. The molecular weight excluding hydrogens is 316 g/mol. The molecule has 0 saturated heterocycles. The highest BCUT2D eigenvalue weighted by Gasteiger charge is 2.12. The molecule has 0 radical (unpaired) electrons. The number of Topliss-reactive ketones (excluding diaryl/α,β-unsaturated/α-hetero) is 1. The smallest absolute Gasteiger partial charge is 0.169 e. The Balaban J connectivity index is 2.28. The van der Waals surface area contributed by atoms with Crippen LogP contribution in [0.1, 0.15) is 15.9 Å². The van der Waals surface area contributed by atoms with E-state index in [1.165, 1.54) is 24.3 Å². The molecule has 2 nitrogen and oxygen atoms in total. The number of nitrogens with two attached hydrogens (primary N) is 1. The molecule has 2 rings (SSSR count). The van der Waals surface area contributed by atoms with Crippen LogP contribution in [0.4, 0.5) is 14.5 Å². The van der Waals surface area contributed by atoms with Crippen LogP contribution in [-0.4, -0.2) is 5.78 Å². The van der Waals surface area contributed by atoms with Crippen molar-refractivity contribution in [2.75, 3.05) is 5.73 Å². The second-order valence-electron chi connectivity index (χ2n) is 4.11. The van der Waals surface area contributed by atoms with Crippen LogP contribution in [0.5, 0.6) is 0 Å². The van der Waals surface area contributed by atoms with Crippen LogP contribution in [0.15, 0.2) is 40.9 Å². The van der Waals surface area contributed by atoms with Crippen LogP contribution in [0.3, 0.4) is 0 Å².